The fourth-order valence-electron chi connectivity index (χ4n) is 6.26. The van der Waals surface area contributed by atoms with Crippen molar-refractivity contribution >= 4 is 23.1 Å². The Hall–Kier alpha value is -5.11. The van der Waals surface area contributed by atoms with Crippen molar-refractivity contribution in [2.75, 3.05) is 32.8 Å². The van der Waals surface area contributed by atoms with Gasteiger partial charge in [-0.1, -0.05) is 83.4 Å². The van der Waals surface area contributed by atoms with Gasteiger partial charge >= 0.3 is 0 Å². The van der Waals surface area contributed by atoms with Gasteiger partial charge in [0.05, 0.1) is 17.8 Å². The van der Waals surface area contributed by atoms with Crippen molar-refractivity contribution in [3.8, 4) is 23.1 Å². The van der Waals surface area contributed by atoms with Crippen LogP contribution in [0.15, 0.2) is 109 Å². The number of pyridine rings is 1. The van der Waals surface area contributed by atoms with E-state index in [1.807, 2.05) is 56.0 Å². The summed E-state index contributed by atoms with van der Waals surface area (Å²) in [5.41, 5.74) is 9.42. The standard InChI is InChI=1S/C45H48ClN3O4/c1-31-6-10-38(11-7-31)30-52-41-18-19-43(47-28-41)53-44-33(3)26-39(27-42(44)46)34(4)35(5)45(50)49-23-21-48(22-24-49)29-37-14-12-36(13-15-37)20-25-51-40-16-8-32(2)9-17-40/h6-19,26-28H,20-25,29-30H2,1-5H3/b35-34+. The third-order valence-electron chi connectivity index (χ3n) is 9.76. The van der Waals surface area contributed by atoms with Crippen LogP contribution < -0.4 is 14.2 Å². The van der Waals surface area contributed by atoms with Crippen LogP contribution in [0.25, 0.3) is 5.57 Å². The van der Waals surface area contributed by atoms with Crippen LogP contribution in [0.1, 0.15) is 52.8 Å². The van der Waals surface area contributed by atoms with Crippen molar-refractivity contribution in [3.63, 3.8) is 0 Å². The minimum Gasteiger partial charge on any atom is -0.493 e. The first kappa shape index (κ1) is 37.6. The number of piperazine rings is 1. The summed E-state index contributed by atoms with van der Waals surface area (Å²) in [4.78, 5) is 22.4. The zero-order valence-electron chi connectivity index (χ0n) is 31.3. The first-order chi connectivity index (χ1) is 25.6. The van der Waals surface area contributed by atoms with Gasteiger partial charge in [0.25, 0.3) is 0 Å². The van der Waals surface area contributed by atoms with Crippen LogP contribution in [0.4, 0.5) is 0 Å². The molecule has 0 unspecified atom stereocenters. The number of aromatic nitrogens is 1. The summed E-state index contributed by atoms with van der Waals surface area (Å²) >= 11 is 6.76. The van der Waals surface area contributed by atoms with E-state index in [1.54, 1.807) is 12.3 Å². The van der Waals surface area contributed by atoms with E-state index in [9.17, 15) is 4.79 Å². The highest BCUT2D eigenvalue weighted by molar-refractivity contribution is 6.32. The van der Waals surface area contributed by atoms with E-state index in [2.05, 4.69) is 84.4 Å². The second kappa shape index (κ2) is 17.6. The molecular formula is C45H48ClN3O4. The molecule has 7 nitrogen and oxygen atoms in total. The molecular weight excluding hydrogens is 682 g/mol. The molecule has 0 spiro atoms. The summed E-state index contributed by atoms with van der Waals surface area (Å²) in [6, 6.07) is 32.7. The van der Waals surface area contributed by atoms with Crippen LogP contribution in [0, 0.1) is 20.8 Å². The van der Waals surface area contributed by atoms with Crippen molar-refractivity contribution in [1.82, 2.24) is 14.8 Å². The van der Waals surface area contributed by atoms with Crippen molar-refractivity contribution in [2.45, 2.75) is 54.2 Å². The monoisotopic (exact) mass is 729 g/mol. The number of allylic oxidation sites excluding steroid dienone is 1. The van der Waals surface area contributed by atoms with Crippen LogP contribution in [0.2, 0.25) is 5.02 Å². The zero-order chi connectivity index (χ0) is 37.3. The van der Waals surface area contributed by atoms with E-state index in [0.717, 1.165) is 54.1 Å². The number of hydrogen-bond acceptors (Lipinski definition) is 6. The molecule has 1 aromatic heterocycles. The molecule has 2 heterocycles. The Morgan fingerprint density at radius 1 is 0.736 bits per heavy atom. The number of carbonyl (C=O) groups is 1. The Bertz CT molecular complexity index is 1990. The SMILES string of the molecule is C/C(C(=O)N1CCN(Cc2ccc(CCOc3ccc(C)cc3)cc2)CC1)=C(/C)c1cc(C)c(Oc2ccc(OCc3ccc(C)cc3)cn2)c(Cl)c1. The largest absolute Gasteiger partial charge is 0.493 e. The number of halogens is 1. The first-order valence-corrected chi connectivity index (χ1v) is 18.6. The molecule has 0 N–H and O–H groups in total. The van der Waals surface area contributed by atoms with Crippen LogP contribution in [-0.4, -0.2) is 53.5 Å². The van der Waals surface area contributed by atoms with E-state index < -0.39 is 0 Å². The molecule has 0 aliphatic carbocycles. The minimum atomic E-state index is 0.0577. The molecule has 0 bridgehead atoms. The molecule has 53 heavy (non-hydrogen) atoms. The van der Waals surface area contributed by atoms with Gasteiger partial charge in [-0.25, -0.2) is 4.98 Å². The Morgan fingerprint density at radius 3 is 2.00 bits per heavy atom. The second-order valence-electron chi connectivity index (χ2n) is 13.9. The van der Waals surface area contributed by atoms with Crippen molar-refractivity contribution in [1.29, 1.82) is 0 Å². The maximum Gasteiger partial charge on any atom is 0.249 e. The Balaban J connectivity index is 0.979. The van der Waals surface area contributed by atoms with Crippen LogP contribution >= 0.6 is 11.6 Å². The Kier molecular flexibility index (Phi) is 12.5. The van der Waals surface area contributed by atoms with Gasteiger partial charge < -0.3 is 19.1 Å². The lowest BCUT2D eigenvalue weighted by molar-refractivity contribution is -0.128. The highest BCUT2D eigenvalue weighted by Crippen LogP contribution is 2.36. The number of hydrogen-bond donors (Lipinski definition) is 0. The number of benzene rings is 4. The predicted molar refractivity (Wildman–Crippen MR) is 213 cm³/mol. The molecule has 1 amide bonds. The second-order valence-corrected chi connectivity index (χ2v) is 14.3. The molecule has 0 saturated carbocycles. The van der Waals surface area contributed by atoms with Crippen LogP contribution in [0.5, 0.6) is 23.1 Å². The molecule has 1 aliphatic rings. The maximum absolute atomic E-state index is 13.6. The van der Waals surface area contributed by atoms with Crippen LogP contribution in [-0.2, 0) is 24.4 Å². The van der Waals surface area contributed by atoms with Gasteiger partial charge in [0.15, 0.2) is 5.75 Å². The Labute approximate surface area is 318 Å². The van der Waals surface area contributed by atoms with Gasteiger partial charge in [0, 0.05) is 50.8 Å². The smallest absolute Gasteiger partial charge is 0.249 e. The highest BCUT2D eigenvalue weighted by atomic mass is 35.5. The lowest BCUT2D eigenvalue weighted by Crippen LogP contribution is -2.48. The van der Waals surface area contributed by atoms with Gasteiger partial charge in [0.1, 0.15) is 18.1 Å². The summed E-state index contributed by atoms with van der Waals surface area (Å²) in [7, 11) is 0. The van der Waals surface area contributed by atoms with E-state index >= 15 is 0 Å². The molecule has 1 saturated heterocycles. The molecule has 0 atom stereocenters. The zero-order valence-corrected chi connectivity index (χ0v) is 32.1. The third-order valence-corrected chi connectivity index (χ3v) is 10.0. The van der Waals surface area contributed by atoms with Crippen molar-refractivity contribution in [3.05, 3.63) is 153 Å². The maximum atomic E-state index is 13.6. The van der Waals surface area contributed by atoms with Gasteiger partial charge in [-0.3, -0.25) is 9.69 Å². The summed E-state index contributed by atoms with van der Waals surface area (Å²) in [6.07, 6.45) is 2.51. The van der Waals surface area contributed by atoms with Crippen LogP contribution in [0.3, 0.4) is 0 Å². The average molecular weight is 730 g/mol. The van der Waals surface area contributed by atoms with E-state index in [1.165, 1.54) is 22.3 Å². The number of nitrogens with zero attached hydrogens (tertiary/aromatic N) is 3. The van der Waals surface area contributed by atoms with E-state index in [0.29, 0.717) is 54.3 Å². The normalized spacial score (nSPS) is 13.7. The fourth-order valence-corrected chi connectivity index (χ4v) is 6.56. The first-order valence-electron chi connectivity index (χ1n) is 18.2. The van der Waals surface area contributed by atoms with Crippen molar-refractivity contribution < 1.29 is 19.0 Å². The van der Waals surface area contributed by atoms with E-state index in [4.69, 9.17) is 25.8 Å². The van der Waals surface area contributed by atoms with Gasteiger partial charge in [0.2, 0.25) is 11.8 Å². The number of carbonyl (C=O) groups excluding carboxylic acids is 1. The third kappa shape index (κ3) is 10.3. The quantitative estimate of drug-likeness (QED) is 0.113. The molecule has 5 aromatic rings. The Morgan fingerprint density at radius 2 is 1.36 bits per heavy atom. The molecule has 4 aromatic carbocycles. The summed E-state index contributed by atoms with van der Waals surface area (Å²) < 4.78 is 17.9. The topological polar surface area (TPSA) is 64.1 Å². The highest BCUT2D eigenvalue weighted by Gasteiger charge is 2.24. The summed E-state index contributed by atoms with van der Waals surface area (Å²) in [6.45, 7) is 15.0. The lowest BCUT2D eigenvalue weighted by atomic mass is 9.99. The summed E-state index contributed by atoms with van der Waals surface area (Å²) in [5, 5.41) is 0.457. The van der Waals surface area contributed by atoms with Gasteiger partial charge in [-0.2, -0.15) is 0 Å². The molecule has 6 rings (SSSR count). The van der Waals surface area contributed by atoms with Crippen molar-refractivity contribution in [2.24, 2.45) is 0 Å². The van der Waals surface area contributed by atoms with Gasteiger partial charge in [-0.15, -0.1) is 0 Å². The number of aryl methyl sites for hydroxylation is 3. The average Bonchev–Trinajstić information content (AvgIpc) is 3.17. The molecule has 1 aliphatic heterocycles. The predicted octanol–water partition coefficient (Wildman–Crippen LogP) is 9.79. The van der Waals surface area contributed by atoms with Gasteiger partial charge in [-0.05, 0) is 98.3 Å². The molecule has 274 valence electrons. The van der Waals surface area contributed by atoms with E-state index in [-0.39, 0.29) is 5.91 Å². The number of amides is 1. The molecule has 1 fully saturated rings. The fraction of sp³-hybridized carbons (Fsp3) is 0.289. The lowest BCUT2D eigenvalue weighted by Gasteiger charge is -2.35. The number of rotatable bonds is 13. The molecule has 0 radical (unpaired) electrons. The minimum absolute atomic E-state index is 0.0577. The number of ether oxygens (including phenoxy) is 3. The molecule has 8 heteroatoms. The summed E-state index contributed by atoms with van der Waals surface area (Å²) in [5.74, 6) is 2.57.